The number of pyridine rings is 1. The summed E-state index contributed by atoms with van der Waals surface area (Å²) in [5, 5.41) is 3.57. The van der Waals surface area contributed by atoms with E-state index in [1.165, 1.54) is 31.9 Å². The number of hydrogen-bond acceptors (Lipinski definition) is 3. The van der Waals surface area contributed by atoms with Crippen LogP contribution in [0.15, 0.2) is 18.5 Å². The number of halogens is 1. The number of nitrogens with zero attached hydrogens (tertiary/aromatic N) is 1. The van der Waals surface area contributed by atoms with Crippen LogP contribution in [0.4, 0.5) is 4.39 Å². The van der Waals surface area contributed by atoms with Gasteiger partial charge in [0.15, 0.2) is 0 Å². The van der Waals surface area contributed by atoms with E-state index < -0.39 is 0 Å². The van der Waals surface area contributed by atoms with Gasteiger partial charge in [-0.1, -0.05) is 32.6 Å². The predicted octanol–water partition coefficient (Wildman–Crippen LogP) is 4.00. The van der Waals surface area contributed by atoms with Crippen molar-refractivity contribution in [2.45, 2.75) is 63.5 Å². The predicted molar refractivity (Wildman–Crippen MR) is 82.7 cm³/mol. The average molecular weight is 294 g/mol. The fraction of sp³-hybridized carbons (Fsp3) is 0.706. The summed E-state index contributed by atoms with van der Waals surface area (Å²) in [6.07, 6.45) is 10.9. The molecule has 0 aromatic carbocycles. The van der Waals surface area contributed by atoms with Gasteiger partial charge < -0.3 is 10.1 Å². The fourth-order valence-electron chi connectivity index (χ4n) is 3.42. The molecule has 1 atom stereocenters. The van der Waals surface area contributed by atoms with Crippen LogP contribution in [-0.2, 0) is 4.74 Å². The first kappa shape index (κ1) is 16.4. The van der Waals surface area contributed by atoms with Gasteiger partial charge in [-0.15, -0.1) is 0 Å². The lowest BCUT2D eigenvalue weighted by atomic mass is 9.82. The summed E-state index contributed by atoms with van der Waals surface area (Å²) in [6, 6.07) is 1.59. The van der Waals surface area contributed by atoms with Crippen molar-refractivity contribution in [3.63, 3.8) is 0 Å². The minimum atomic E-state index is -0.282. The van der Waals surface area contributed by atoms with E-state index in [4.69, 9.17) is 4.74 Å². The zero-order chi connectivity index (χ0) is 15.1. The molecule has 1 aromatic rings. The molecule has 1 aromatic heterocycles. The number of nitrogens with one attached hydrogen (secondary N) is 1. The third-order valence-electron chi connectivity index (χ3n) is 4.54. The van der Waals surface area contributed by atoms with E-state index in [9.17, 15) is 4.39 Å². The fourth-order valence-corrected chi connectivity index (χ4v) is 3.42. The van der Waals surface area contributed by atoms with E-state index in [-0.39, 0.29) is 17.5 Å². The van der Waals surface area contributed by atoms with Crippen LogP contribution in [0.1, 0.15) is 63.5 Å². The first-order chi connectivity index (χ1) is 10.2. The van der Waals surface area contributed by atoms with Crippen LogP contribution in [0.25, 0.3) is 0 Å². The lowest BCUT2D eigenvalue weighted by molar-refractivity contribution is -0.0541. The molecule has 1 N–H and O–H groups in total. The third-order valence-corrected chi connectivity index (χ3v) is 4.54. The first-order valence-electron chi connectivity index (χ1n) is 8.11. The van der Waals surface area contributed by atoms with Gasteiger partial charge in [0, 0.05) is 13.3 Å². The van der Waals surface area contributed by atoms with E-state index in [1.54, 1.807) is 19.4 Å². The van der Waals surface area contributed by atoms with E-state index in [0.29, 0.717) is 0 Å². The summed E-state index contributed by atoms with van der Waals surface area (Å²) in [6.45, 7) is 3.03. The van der Waals surface area contributed by atoms with Gasteiger partial charge >= 0.3 is 0 Å². The number of rotatable bonds is 6. The molecule has 0 saturated heterocycles. The molecule has 1 aliphatic rings. The smallest absolute Gasteiger partial charge is 0.141 e. The van der Waals surface area contributed by atoms with Gasteiger partial charge in [-0.2, -0.15) is 0 Å². The van der Waals surface area contributed by atoms with Crippen molar-refractivity contribution in [3.05, 3.63) is 29.8 Å². The summed E-state index contributed by atoms with van der Waals surface area (Å²) in [5.74, 6) is -0.282. The topological polar surface area (TPSA) is 34.2 Å². The molecule has 0 spiro atoms. The Labute approximate surface area is 127 Å². The van der Waals surface area contributed by atoms with E-state index in [2.05, 4.69) is 17.2 Å². The molecule has 118 valence electrons. The van der Waals surface area contributed by atoms with E-state index >= 15 is 0 Å². The highest BCUT2D eigenvalue weighted by Crippen LogP contribution is 2.40. The monoisotopic (exact) mass is 294 g/mol. The molecule has 1 fully saturated rings. The molecule has 21 heavy (non-hydrogen) atoms. The summed E-state index contributed by atoms with van der Waals surface area (Å²) in [7, 11) is 1.79. The van der Waals surface area contributed by atoms with E-state index in [1.807, 2.05) is 0 Å². The molecule has 0 aliphatic heterocycles. The number of hydrogen-bond donors (Lipinski definition) is 1. The van der Waals surface area contributed by atoms with Crippen LogP contribution in [0.2, 0.25) is 0 Å². The Morgan fingerprint density at radius 3 is 2.57 bits per heavy atom. The second-order valence-corrected chi connectivity index (χ2v) is 6.01. The molecule has 1 heterocycles. The van der Waals surface area contributed by atoms with Crippen molar-refractivity contribution < 1.29 is 9.13 Å². The van der Waals surface area contributed by atoms with Gasteiger partial charge in [-0.05, 0) is 37.4 Å². The third kappa shape index (κ3) is 4.01. The zero-order valence-corrected chi connectivity index (χ0v) is 13.2. The van der Waals surface area contributed by atoms with Crippen LogP contribution in [0.3, 0.4) is 0 Å². The highest BCUT2D eigenvalue weighted by molar-refractivity contribution is 5.20. The van der Waals surface area contributed by atoms with Gasteiger partial charge in [0.2, 0.25) is 0 Å². The summed E-state index contributed by atoms with van der Waals surface area (Å²) >= 11 is 0. The Bertz CT molecular complexity index is 431. The molecule has 4 heteroatoms. The van der Waals surface area contributed by atoms with Gasteiger partial charge in [0.05, 0.1) is 17.8 Å². The lowest BCUT2D eigenvalue weighted by Crippen LogP contribution is -2.45. The van der Waals surface area contributed by atoms with Crippen LogP contribution >= 0.6 is 0 Å². The molecule has 3 nitrogen and oxygen atoms in total. The highest BCUT2D eigenvalue weighted by atomic mass is 19.1. The maximum absolute atomic E-state index is 13.6. The molecule has 0 amide bonds. The van der Waals surface area contributed by atoms with Crippen molar-refractivity contribution in [1.29, 1.82) is 0 Å². The molecule has 0 bridgehead atoms. The van der Waals surface area contributed by atoms with Crippen molar-refractivity contribution in [2.75, 3.05) is 13.7 Å². The molecular formula is C17H27FN2O. The summed E-state index contributed by atoms with van der Waals surface area (Å²) in [5.41, 5.74) is 0.647. The quantitative estimate of drug-likeness (QED) is 0.805. The van der Waals surface area contributed by atoms with Gasteiger partial charge in [0.1, 0.15) is 5.82 Å². The average Bonchev–Trinajstić information content (AvgIpc) is 2.74. The highest BCUT2D eigenvalue weighted by Gasteiger charge is 2.40. The molecule has 1 aliphatic carbocycles. The van der Waals surface area contributed by atoms with Gasteiger partial charge in [-0.3, -0.25) is 4.98 Å². The molecule has 2 rings (SSSR count). The number of methoxy groups -OCH3 is 1. The Morgan fingerprint density at radius 1 is 1.29 bits per heavy atom. The van der Waals surface area contributed by atoms with Gasteiger partial charge in [-0.25, -0.2) is 4.39 Å². The maximum Gasteiger partial charge on any atom is 0.141 e. The SMILES string of the molecule is CCCNC(c1cncc(F)c1)C1(OC)CCCCCC1. The number of aromatic nitrogens is 1. The Morgan fingerprint density at radius 2 is 2.00 bits per heavy atom. The Hall–Kier alpha value is -1.00. The second kappa shape index (κ2) is 7.85. The summed E-state index contributed by atoms with van der Waals surface area (Å²) in [4.78, 5) is 4.03. The van der Waals surface area contributed by atoms with Crippen LogP contribution in [0, 0.1) is 5.82 Å². The minimum absolute atomic E-state index is 0.00347. The second-order valence-electron chi connectivity index (χ2n) is 6.01. The van der Waals surface area contributed by atoms with Crippen molar-refractivity contribution in [1.82, 2.24) is 10.3 Å². The zero-order valence-electron chi connectivity index (χ0n) is 13.2. The Kier molecular flexibility index (Phi) is 6.12. The van der Waals surface area contributed by atoms with Crippen LogP contribution in [0.5, 0.6) is 0 Å². The maximum atomic E-state index is 13.6. The van der Waals surface area contributed by atoms with Crippen molar-refractivity contribution >= 4 is 0 Å². The minimum Gasteiger partial charge on any atom is -0.376 e. The normalized spacial score (nSPS) is 20.0. The largest absolute Gasteiger partial charge is 0.376 e. The van der Waals surface area contributed by atoms with Crippen molar-refractivity contribution in [2.24, 2.45) is 0 Å². The number of ether oxygens (including phenoxy) is 1. The molecule has 1 saturated carbocycles. The van der Waals surface area contributed by atoms with Gasteiger partial charge in [0.25, 0.3) is 0 Å². The molecule has 1 unspecified atom stereocenters. The van der Waals surface area contributed by atoms with E-state index in [0.717, 1.165) is 31.4 Å². The molecular weight excluding hydrogens is 267 g/mol. The van der Waals surface area contributed by atoms with Crippen molar-refractivity contribution in [3.8, 4) is 0 Å². The van der Waals surface area contributed by atoms with Crippen LogP contribution in [-0.4, -0.2) is 24.2 Å². The lowest BCUT2D eigenvalue weighted by Gasteiger charge is -2.40. The first-order valence-corrected chi connectivity index (χ1v) is 8.11. The Balaban J connectivity index is 2.32. The summed E-state index contributed by atoms with van der Waals surface area (Å²) < 4.78 is 19.6. The standard InChI is InChI=1S/C17H27FN2O/c1-3-10-20-16(14-11-15(18)13-19-12-14)17(21-2)8-6-4-5-7-9-17/h11-13,16,20H,3-10H2,1-2H3. The molecule has 0 radical (unpaired) electrons. The van der Waals surface area contributed by atoms with Crippen LogP contribution < -0.4 is 5.32 Å².